The number of sulfonamides is 1. The molecule has 0 heterocycles. The van der Waals surface area contributed by atoms with Crippen LogP contribution < -0.4 is 18.9 Å². The van der Waals surface area contributed by atoms with E-state index in [1.165, 1.54) is 18.5 Å². The zero-order chi connectivity index (χ0) is 23.0. The van der Waals surface area contributed by atoms with Crippen molar-refractivity contribution in [1.29, 1.82) is 0 Å². The number of methoxy groups -OCH3 is 2. The molecule has 9 heteroatoms. The first-order chi connectivity index (χ1) is 14.8. The van der Waals surface area contributed by atoms with Gasteiger partial charge >= 0.3 is 0 Å². The standard InChI is InChI=1S/C22H30FNO6S/c1-6-11-24(15-16-9-10-18(29-7-2)21(12-16)30-8-3)31(25,26)22-14-20(28-5)19(27-4)13-17(22)23/h9-10,12-14H,6-8,11,15H2,1-5H3. The SMILES string of the molecule is CCCN(Cc1ccc(OCC)c(OCC)c1)S(=O)(=O)c1cc(OC)c(OC)cc1F. The molecule has 2 aromatic carbocycles. The normalized spacial score (nSPS) is 11.5. The van der Waals surface area contributed by atoms with Gasteiger partial charge in [-0.25, -0.2) is 12.8 Å². The molecule has 0 aliphatic carbocycles. The minimum Gasteiger partial charge on any atom is -0.493 e. The van der Waals surface area contributed by atoms with Crippen molar-refractivity contribution in [2.45, 2.75) is 38.6 Å². The fraction of sp³-hybridized carbons (Fsp3) is 0.455. The van der Waals surface area contributed by atoms with Crippen LogP contribution in [0.5, 0.6) is 23.0 Å². The van der Waals surface area contributed by atoms with Crippen LogP contribution in [0.4, 0.5) is 4.39 Å². The summed E-state index contributed by atoms with van der Waals surface area (Å²) in [5, 5.41) is 0. The van der Waals surface area contributed by atoms with Crippen molar-refractivity contribution in [1.82, 2.24) is 4.31 Å². The zero-order valence-electron chi connectivity index (χ0n) is 18.6. The summed E-state index contributed by atoms with van der Waals surface area (Å²) in [6, 6.07) is 7.43. The molecule has 0 saturated carbocycles. The molecule has 0 aliphatic heterocycles. The van der Waals surface area contributed by atoms with E-state index in [0.717, 1.165) is 12.1 Å². The lowest BCUT2D eigenvalue weighted by molar-refractivity contribution is 0.287. The molecule has 0 atom stereocenters. The van der Waals surface area contributed by atoms with E-state index in [1.54, 1.807) is 18.2 Å². The van der Waals surface area contributed by atoms with Gasteiger partial charge in [0.25, 0.3) is 0 Å². The summed E-state index contributed by atoms with van der Waals surface area (Å²) in [6.07, 6.45) is 0.559. The molecule has 2 aromatic rings. The van der Waals surface area contributed by atoms with Crippen LogP contribution in [-0.4, -0.2) is 46.7 Å². The Morgan fingerprint density at radius 2 is 1.48 bits per heavy atom. The Bertz CT molecular complexity index is 980. The van der Waals surface area contributed by atoms with Gasteiger partial charge in [0.15, 0.2) is 23.0 Å². The first-order valence-corrected chi connectivity index (χ1v) is 11.6. The molecule has 7 nitrogen and oxygen atoms in total. The maximum atomic E-state index is 14.7. The van der Waals surface area contributed by atoms with Crippen molar-refractivity contribution in [2.24, 2.45) is 0 Å². The Labute approximate surface area is 183 Å². The summed E-state index contributed by atoms with van der Waals surface area (Å²) < 4.78 is 64.0. The summed E-state index contributed by atoms with van der Waals surface area (Å²) in [4.78, 5) is -0.463. The highest BCUT2D eigenvalue weighted by molar-refractivity contribution is 7.89. The van der Waals surface area contributed by atoms with Gasteiger partial charge in [0.1, 0.15) is 10.7 Å². The van der Waals surface area contributed by atoms with E-state index < -0.39 is 20.7 Å². The summed E-state index contributed by atoms with van der Waals surface area (Å²) in [5.74, 6) is 0.477. The Morgan fingerprint density at radius 1 is 0.871 bits per heavy atom. The molecule has 31 heavy (non-hydrogen) atoms. The lowest BCUT2D eigenvalue weighted by Gasteiger charge is -2.23. The average molecular weight is 456 g/mol. The summed E-state index contributed by atoms with van der Waals surface area (Å²) in [7, 11) is -1.42. The van der Waals surface area contributed by atoms with Gasteiger partial charge in [0.2, 0.25) is 10.0 Å². The van der Waals surface area contributed by atoms with E-state index >= 15 is 0 Å². The second kappa shape index (κ2) is 11.2. The van der Waals surface area contributed by atoms with Crippen molar-refractivity contribution in [2.75, 3.05) is 34.0 Å². The van der Waals surface area contributed by atoms with Gasteiger partial charge in [-0.05, 0) is 38.0 Å². The molecule has 0 bridgehead atoms. The van der Waals surface area contributed by atoms with Gasteiger partial charge in [0.05, 0.1) is 27.4 Å². The van der Waals surface area contributed by atoms with E-state index in [0.29, 0.717) is 36.7 Å². The Kier molecular flexibility index (Phi) is 8.94. The van der Waals surface area contributed by atoms with Crippen LogP contribution >= 0.6 is 0 Å². The Morgan fingerprint density at radius 3 is 2.06 bits per heavy atom. The van der Waals surface area contributed by atoms with E-state index in [2.05, 4.69) is 0 Å². The molecule has 0 fully saturated rings. The molecule has 0 saturated heterocycles. The zero-order valence-corrected chi connectivity index (χ0v) is 19.4. The molecule has 172 valence electrons. The highest BCUT2D eigenvalue weighted by Crippen LogP contribution is 2.34. The van der Waals surface area contributed by atoms with Crippen LogP contribution in [-0.2, 0) is 16.6 Å². The fourth-order valence-corrected chi connectivity index (χ4v) is 4.68. The van der Waals surface area contributed by atoms with Crippen molar-refractivity contribution in [3.63, 3.8) is 0 Å². The van der Waals surface area contributed by atoms with Gasteiger partial charge in [-0.1, -0.05) is 13.0 Å². The smallest absolute Gasteiger partial charge is 0.246 e. The third kappa shape index (κ3) is 5.80. The van der Waals surface area contributed by atoms with E-state index in [9.17, 15) is 12.8 Å². The maximum Gasteiger partial charge on any atom is 0.246 e. The molecule has 0 spiro atoms. The number of ether oxygens (including phenoxy) is 4. The molecular formula is C22H30FNO6S. The highest BCUT2D eigenvalue weighted by Gasteiger charge is 2.29. The second-order valence-electron chi connectivity index (χ2n) is 6.62. The predicted molar refractivity (Wildman–Crippen MR) is 116 cm³/mol. The molecule has 0 N–H and O–H groups in total. The minimum atomic E-state index is -4.14. The van der Waals surface area contributed by atoms with Gasteiger partial charge in [-0.3, -0.25) is 0 Å². The summed E-state index contributed by atoms with van der Waals surface area (Å²) in [6.45, 7) is 6.78. The van der Waals surface area contributed by atoms with E-state index in [-0.39, 0.29) is 24.6 Å². The van der Waals surface area contributed by atoms with Crippen LogP contribution in [0.15, 0.2) is 35.2 Å². The van der Waals surface area contributed by atoms with Crippen molar-refractivity contribution >= 4 is 10.0 Å². The van der Waals surface area contributed by atoms with Crippen LogP contribution in [0.2, 0.25) is 0 Å². The average Bonchev–Trinajstić information content (AvgIpc) is 2.75. The number of benzene rings is 2. The molecule has 0 aliphatic rings. The predicted octanol–water partition coefficient (Wildman–Crippen LogP) is 4.24. The van der Waals surface area contributed by atoms with Crippen LogP contribution in [0.1, 0.15) is 32.8 Å². The van der Waals surface area contributed by atoms with Crippen LogP contribution in [0.3, 0.4) is 0 Å². The molecule has 2 rings (SSSR count). The van der Waals surface area contributed by atoms with Gasteiger partial charge in [0, 0.05) is 25.2 Å². The first kappa shape index (κ1) is 24.7. The lowest BCUT2D eigenvalue weighted by Crippen LogP contribution is -2.32. The Hall–Kier alpha value is -2.52. The third-order valence-electron chi connectivity index (χ3n) is 4.50. The van der Waals surface area contributed by atoms with E-state index in [1.807, 2.05) is 20.8 Å². The van der Waals surface area contributed by atoms with Crippen molar-refractivity contribution < 1.29 is 31.8 Å². The molecular weight excluding hydrogens is 425 g/mol. The monoisotopic (exact) mass is 455 g/mol. The summed E-state index contributed by atoms with van der Waals surface area (Å²) in [5.41, 5.74) is 0.699. The van der Waals surface area contributed by atoms with E-state index in [4.69, 9.17) is 18.9 Å². The maximum absolute atomic E-state index is 14.7. The quantitative estimate of drug-likeness (QED) is 0.477. The number of rotatable bonds is 12. The number of hydrogen-bond donors (Lipinski definition) is 0. The second-order valence-corrected chi connectivity index (χ2v) is 8.53. The third-order valence-corrected chi connectivity index (χ3v) is 6.36. The number of halogens is 1. The first-order valence-electron chi connectivity index (χ1n) is 10.1. The number of hydrogen-bond acceptors (Lipinski definition) is 6. The molecule has 0 unspecified atom stereocenters. The van der Waals surface area contributed by atoms with Crippen molar-refractivity contribution in [3.05, 3.63) is 41.7 Å². The molecule has 0 aromatic heterocycles. The molecule has 0 radical (unpaired) electrons. The Balaban J connectivity index is 2.45. The fourth-order valence-electron chi connectivity index (χ4n) is 3.10. The lowest BCUT2D eigenvalue weighted by atomic mass is 10.2. The van der Waals surface area contributed by atoms with Gasteiger partial charge in [-0.15, -0.1) is 0 Å². The van der Waals surface area contributed by atoms with Gasteiger partial charge < -0.3 is 18.9 Å². The molecule has 0 amide bonds. The largest absolute Gasteiger partial charge is 0.493 e. The number of nitrogens with zero attached hydrogens (tertiary/aromatic N) is 1. The van der Waals surface area contributed by atoms with Crippen LogP contribution in [0, 0.1) is 5.82 Å². The minimum absolute atomic E-state index is 0.0520. The topological polar surface area (TPSA) is 74.3 Å². The van der Waals surface area contributed by atoms with Crippen LogP contribution in [0.25, 0.3) is 0 Å². The van der Waals surface area contributed by atoms with Gasteiger partial charge in [-0.2, -0.15) is 4.31 Å². The van der Waals surface area contributed by atoms with Crippen molar-refractivity contribution in [3.8, 4) is 23.0 Å². The summed E-state index contributed by atoms with van der Waals surface area (Å²) >= 11 is 0. The highest BCUT2D eigenvalue weighted by atomic mass is 32.2.